The van der Waals surface area contributed by atoms with Gasteiger partial charge in [-0.1, -0.05) is 0 Å². The number of carbonyl (C=O) groups excluding carboxylic acids is 2. The highest BCUT2D eigenvalue weighted by Gasteiger charge is 2.28. The fourth-order valence-corrected chi connectivity index (χ4v) is 4.92. The molecule has 3 heterocycles. The average Bonchev–Trinajstić information content (AvgIpc) is 3.00. The van der Waals surface area contributed by atoms with Crippen LogP contribution < -0.4 is 20.1 Å². The van der Waals surface area contributed by atoms with E-state index in [0.29, 0.717) is 61.1 Å². The highest BCUT2D eigenvalue weighted by molar-refractivity contribution is 5.99. The Morgan fingerprint density at radius 3 is 2.59 bits per heavy atom. The summed E-state index contributed by atoms with van der Waals surface area (Å²) in [4.78, 5) is 35.9. The predicted octanol–water partition coefficient (Wildman–Crippen LogP) is 4.19. The van der Waals surface area contributed by atoms with Crippen molar-refractivity contribution in [1.82, 2.24) is 14.9 Å². The van der Waals surface area contributed by atoms with Gasteiger partial charge < -0.3 is 29.6 Å². The lowest BCUT2D eigenvalue weighted by molar-refractivity contribution is -0.121. The molecule has 0 aliphatic carbocycles. The molecule has 3 aromatic rings. The molecule has 2 fully saturated rings. The molecule has 0 bridgehead atoms. The Morgan fingerprint density at radius 1 is 1.09 bits per heavy atom. The zero-order valence-corrected chi connectivity index (χ0v) is 24.6. The summed E-state index contributed by atoms with van der Waals surface area (Å²) in [5, 5.41) is 6.29. The molecule has 13 heteroatoms. The SMILES string of the molecule is COC(=O)c1ccc(NC(=O)C(C)N2CCC(Oc3ccnc(COc4ccc(F)cc4F)n3)CC2)c(NC[C@@H]2CCO2)c1. The fraction of sp³-hybridized carbons (Fsp3) is 0.419. The van der Waals surface area contributed by atoms with Crippen LogP contribution in [-0.4, -0.2) is 78.3 Å². The number of likely N-dealkylation sites (tertiary alicyclic amines) is 1. The van der Waals surface area contributed by atoms with Gasteiger partial charge >= 0.3 is 5.97 Å². The summed E-state index contributed by atoms with van der Waals surface area (Å²) in [5.74, 6) is -1.56. The Kier molecular flexibility index (Phi) is 10.2. The summed E-state index contributed by atoms with van der Waals surface area (Å²) < 4.78 is 48.8. The van der Waals surface area contributed by atoms with Crippen molar-refractivity contribution >= 4 is 23.3 Å². The second-order valence-corrected chi connectivity index (χ2v) is 10.6. The van der Waals surface area contributed by atoms with E-state index in [-0.39, 0.29) is 30.5 Å². The van der Waals surface area contributed by atoms with Gasteiger partial charge in [-0.3, -0.25) is 9.69 Å². The van der Waals surface area contributed by atoms with Crippen molar-refractivity contribution < 1.29 is 37.3 Å². The zero-order valence-electron chi connectivity index (χ0n) is 24.6. The number of methoxy groups -OCH3 is 1. The van der Waals surface area contributed by atoms with Crippen molar-refractivity contribution in [2.45, 2.75) is 51.0 Å². The van der Waals surface area contributed by atoms with Gasteiger partial charge in [0, 0.05) is 44.6 Å². The maximum Gasteiger partial charge on any atom is 0.337 e. The van der Waals surface area contributed by atoms with Crippen LogP contribution in [0.2, 0.25) is 0 Å². The van der Waals surface area contributed by atoms with Gasteiger partial charge in [-0.25, -0.2) is 18.6 Å². The molecule has 1 amide bonds. The van der Waals surface area contributed by atoms with Gasteiger partial charge in [0.1, 0.15) is 18.5 Å². The first-order chi connectivity index (χ1) is 21.3. The van der Waals surface area contributed by atoms with Crippen LogP contribution in [0.4, 0.5) is 20.2 Å². The molecule has 2 saturated heterocycles. The van der Waals surface area contributed by atoms with Gasteiger partial charge in [-0.05, 0) is 56.5 Å². The molecule has 2 aliphatic rings. The number of hydrogen-bond acceptors (Lipinski definition) is 10. The van der Waals surface area contributed by atoms with Gasteiger partial charge in [0.2, 0.25) is 11.8 Å². The average molecular weight is 612 g/mol. The van der Waals surface area contributed by atoms with Crippen molar-refractivity contribution in [3.8, 4) is 11.6 Å². The highest BCUT2D eigenvalue weighted by atomic mass is 19.1. The van der Waals surface area contributed by atoms with E-state index < -0.39 is 23.6 Å². The third-order valence-corrected chi connectivity index (χ3v) is 7.63. The molecule has 0 saturated carbocycles. The first kappa shape index (κ1) is 31.1. The van der Waals surface area contributed by atoms with E-state index in [0.717, 1.165) is 25.2 Å². The summed E-state index contributed by atoms with van der Waals surface area (Å²) in [7, 11) is 1.32. The Bertz CT molecular complexity index is 1470. The molecule has 2 aromatic carbocycles. The minimum absolute atomic E-state index is 0.0936. The van der Waals surface area contributed by atoms with E-state index in [1.54, 1.807) is 24.3 Å². The van der Waals surface area contributed by atoms with Crippen LogP contribution in [0.15, 0.2) is 48.7 Å². The molecule has 11 nitrogen and oxygen atoms in total. The van der Waals surface area contributed by atoms with Gasteiger partial charge in [-0.15, -0.1) is 0 Å². The van der Waals surface area contributed by atoms with Crippen LogP contribution in [0, 0.1) is 11.6 Å². The van der Waals surface area contributed by atoms with Crippen molar-refractivity contribution in [2.75, 3.05) is 44.0 Å². The summed E-state index contributed by atoms with van der Waals surface area (Å²) in [6, 6.07) is 9.27. The molecule has 0 radical (unpaired) electrons. The number of halogens is 2. The Hall–Kier alpha value is -4.36. The first-order valence-corrected chi connectivity index (χ1v) is 14.5. The number of ether oxygens (including phenoxy) is 4. The van der Waals surface area contributed by atoms with Gasteiger partial charge in [-0.2, -0.15) is 4.98 Å². The Balaban J connectivity index is 1.12. The lowest BCUT2D eigenvalue weighted by atomic mass is 10.1. The smallest absolute Gasteiger partial charge is 0.337 e. The van der Waals surface area contributed by atoms with E-state index in [4.69, 9.17) is 18.9 Å². The topological polar surface area (TPSA) is 124 Å². The third kappa shape index (κ3) is 7.97. The summed E-state index contributed by atoms with van der Waals surface area (Å²) >= 11 is 0. The van der Waals surface area contributed by atoms with Crippen molar-refractivity contribution in [2.24, 2.45) is 0 Å². The van der Waals surface area contributed by atoms with Crippen molar-refractivity contribution in [1.29, 1.82) is 0 Å². The number of amides is 1. The number of piperidine rings is 1. The monoisotopic (exact) mass is 611 g/mol. The number of rotatable bonds is 12. The van der Waals surface area contributed by atoms with Crippen molar-refractivity contribution in [3.05, 3.63) is 71.7 Å². The maximum atomic E-state index is 13.8. The Morgan fingerprint density at radius 2 is 1.89 bits per heavy atom. The third-order valence-electron chi connectivity index (χ3n) is 7.63. The van der Waals surface area contributed by atoms with E-state index >= 15 is 0 Å². The van der Waals surface area contributed by atoms with Crippen molar-refractivity contribution in [3.63, 3.8) is 0 Å². The largest absolute Gasteiger partial charge is 0.483 e. The molecule has 1 aromatic heterocycles. The first-order valence-electron chi connectivity index (χ1n) is 14.5. The maximum absolute atomic E-state index is 13.8. The van der Waals surface area contributed by atoms with Crippen LogP contribution in [0.3, 0.4) is 0 Å². The molecule has 1 unspecified atom stereocenters. The lowest BCUT2D eigenvalue weighted by Gasteiger charge is -2.35. The number of esters is 1. The van der Waals surface area contributed by atoms with Gasteiger partial charge in [0.15, 0.2) is 17.4 Å². The van der Waals surface area contributed by atoms with E-state index in [1.165, 1.54) is 19.4 Å². The second-order valence-electron chi connectivity index (χ2n) is 10.6. The summed E-state index contributed by atoms with van der Waals surface area (Å²) in [5.41, 5.74) is 1.56. The second kappa shape index (κ2) is 14.4. The quantitative estimate of drug-likeness (QED) is 0.288. The molecule has 5 rings (SSSR count). The van der Waals surface area contributed by atoms with Gasteiger partial charge in [0.25, 0.3) is 0 Å². The van der Waals surface area contributed by atoms with Crippen LogP contribution >= 0.6 is 0 Å². The highest BCUT2D eigenvalue weighted by Crippen LogP contribution is 2.26. The van der Waals surface area contributed by atoms with Gasteiger partial charge in [0.05, 0.1) is 36.2 Å². The summed E-state index contributed by atoms with van der Waals surface area (Å²) in [6.07, 6.45) is 3.82. The minimum atomic E-state index is -0.806. The molecule has 234 valence electrons. The molecule has 0 spiro atoms. The number of nitrogens with one attached hydrogen (secondary N) is 2. The lowest BCUT2D eigenvalue weighted by Crippen LogP contribution is -2.48. The van der Waals surface area contributed by atoms with E-state index in [2.05, 4.69) is 25.5 Å². The molecular weight excluding hydrogens is 576 g/mol. The molecule has 2 aliphatic heterocycles. The number of nitrogens with zero attached hydrogens (tertiary/aromatic N) is 3. The number of anilines is 2. The summed E-state index contributed by atoms with van der Waals surface area (Å²) in [6.45, 7) is 4.31. The standard InChI is InChI=1S/C31H35F2N5O6/c1-19(30(39)36-25-5-3-20(31(40)41-2)15-26(25)35-17-23-10-14-42-23)38-12-8-22(9-13-38)44-29-7-11-34-28(37-29)18-43-27-6-4-21(32)16-24(27)33/h3-7,11,15-16,19,22-23,35H,8-10,12-14,17-18H2,1-2H3,(H,36,39)/t19?,23-/m0/s1. The number of carbonyl (C=O) groups is 2. The number of aromatic nitrogens is 2. The normalized spacial score (nSPS) is 17.7. The minimum Gasteiger partial charge on any atom is -0.483 e. The molecular formula is C31H35F2N5O6. The molecule has 2 atom stereocenters. The zero-order chi connectivity index (χ0) is 31.1. The Labute approximate surface area is 253 Å². The number of hydrogen-bond donors (Lipinski definition) is 2. The van der Waals surface area contributed by atoms with E-state index in [9.17, 15) is 18.4 Å². The fourth-order valence-electron chi connectivity index (χ4n) is 4.92. The van der Waals surface area contributed by atoms with Crippen LogP contribution in [-0.2, 0) is 20.9 Å². The number of benzene rings is 2. The van der Waals surface area contributed by atoms with Crippen LogP contribution in [0.25, 0.3) is 0 Å². The van der Waals surface area contributed by atoms with E-state index in [1.807, 2.05) is 6.92 Å². The van der Waals surface area contributed by atoms with Crippen LogP contribution in [0.1, 0.15) is 42.4 Å². The molecule has 2 N–H and O–H groups in total. The predicted molar refractivity (Wildman–Crippen MR) is 157 cm³/mol. The molecule has 44 heavy (non-hydrogen) atoms. The van der Waals surface area contributed by atoms with Crippen LogP contribution in [0.5, 0.6) is 11.6 Å².